The zero-order valence-corrected chi connectivity index (χ0v) is 22.0. The lowest BCUT2D eigenvalue weighted by atomic mass is 9.85. The summed E-state index contributed by atoms with van der Waals surface area (Å²) in [4.78, 5) is 8.99. The predicted octanol–water partition coefficient (Wildman–Crippen LogP) is 5.57. The van der Waals surface area contributed by atoms with Gasteiger partial charge in [-0.05, 0) is 68.7 Å². The third kappa shape index (κ3) is 5.46. The fourth-order valence-electron chi connectivity index (χ4n) is 6.11. The molecule has 6 rings (SSSR count). The second-order valence-electron chi connectivity index (χ2n) is 10.7. The highest BCUT2D eigenvalue weighted by atomic mass is 16.5. The van der Waals surface area contributed by atoms with Gasteiger partial charge < -0.3 is 14.8 Å². The molecule has 3 heterocycles. The second kappa shape index (κ2) is 11.6. The van der Waals surface area contributed by atoms with Crippen LogP contribution in [0.1, 0.15) is 44.1 Å². The smallest absolute Gasteiger partial charge is 0.225 e. The van der Waals surface area contributed by atoms with E-state index in [4.69, 9.17) is 9.47 Å². The summed E-state index contributed by atoms with van der Waals surface area (Å²) >= 11 is 0. The molecular formula is C31H38N5O2+. The molecule has 198 valence electrons. The number of ether oxygens (including phenoxy) is 2. The normalized spacial score (nSPS) is 27.8. The minimum absolute atomic E-state index is 0.373. The molecule has 0 amide bonds. The first kappa shape index (κ1) is 25.0. The second-order valence-corrected chi connectivity index (χ2v) is 10.7. The number of anilines is 1. The van der Waals surface area contributed by atoms with Crippen LogP contribution in [0.15, 0.2) is 88.9 Å². The van der Waals surface area contributed by atoms with Crippen LogP contribution >= 0.6 is 0 Å². The third-order valence-corrected chi connectivity index (χ3v) is 8.13. The van der Waals surface area contributed by atoms with Crippen LogP contribution < -0.4 is 15.1 Å². The number of allylic oxidation sites excluding steroid dienone is 1. The maximum absolute atomic E-state index is 6.23. The van der Waals surface area contributed by atoms with Gasteiger partial charge in [-0.25, -0.2) is 10.0 Å². The van der Waals surface area contributed by atoms with E-state index in [1.54, 1.807) is 0 Å². The summed E-state index contributed by atoms with van der Waals surface area (Å²) in [5, 5.41) is 6.20. The van der Waals surface area contributed by atoms with Gasteiger partial charge in [0.05, 0.1) is 36.4 Å². The van der Waals surface area contributed by atoms with E-state index in [0.29, 0.717) is 29.3 Å². The quantitative estimate of drug-likeness (QED) is 0.423. The molecule has 2 atom stereocenters. The molecule has 0 spiro atoms. The van der Waals surface area contributed by atoms with Crippen molar-refractivity contribution < 1.29 is 14.1 Å². The van der Waals surface area contributed by atoms with E-state index in [0.717, 1.165) is 55.2 Å². The summed E-state index contributed by atoms with van der Waals surface area (Å²) in [7, 11) is 0. The summed E-state index contributed by atoms with van der Waals surface area (Å²) in [5.74, 6) is 1.58. The Balaban J connectivity index is 1.18. The van der Waals surface area contributed by atoms with Gasteiger partial charge in [0.25, 0.3) is 0 Å². The van der Waals surface area contributed by atoms with Gasteiger partial charge in [0.2, 0.25) is 12.0 Å². The van der Waals surface area contributed by atoms with Gasteiger partial charge in [-0.3, -0.25) is 4.99 Å². The Labute approximate surface area is 225 Å². The Bertz CT molecular complexity index is 1200. The summed E-state index contributed by atoms with van der Waals surface area (Å²) in [6, 6.07) is 19.2. The van der Waals surface area contributed by atoms with Gasteiger partial charge in [-0.1, -0.05) is 36.4 Å². The van der Waals surface area contributed by atoms with Crippen molar-refractivity contribution in [3.8, 4) is 5.75 Å². The molecule has 38 heavy (non-hydrogen) atoms. The van der Waals surface area contributed by atoms with Crippen LogP contribution in [-0.2, 0) is 11.3 Å². The van der Waals surface area contributed by atoms with Gasteiger partial charge in [-0.15, -0.1) is 4.59 Å². The molecule has 0 bridgehead atoms. The molecule has 2 fully saturated rings. The Morgan fingerprint density at radius 3 is 2.71 bits per heavy atom. The van der Waals surface area contributed by atoms with E-state index in [1.165, 1.54) is 25.7 Å². The van der Waals surface area contributed by atoms with Crippen LogP contribution in [0.3, 0.4) is 0 Å². The standard InChI is InChI=1S/C31H38N5O2/c1-2-6-26(7-3-1)23-38-30-9-4-8-28(18-30)35(36-16-15-32-20-29(36)21-34-24-36)27-13-11-25(12-14-27)19-33-22-31-10-5-17-37-31/h1-4,6-9,15-16,18,20-21,24-25,27,31,33H,5,10-14,17,19,22-23H2/q+1. The first-order valence-electron chi connectivity index (χ1n) is 14.0. The number of aliphatic imine (C=N–C) groups is 2. The predicted molar refractivity (Wildman–Crippen MR) is 152 cm³/mol. The van der Waals surface area contributed by atoms with Crippen molar-refractivity contribution in [1.82, 2.24) is 5.32 Å². The molecule has 1 aliphatic carbocycles. The zero-order chi connectivity index (χ0) is 25.6. The fraction of sp³-hybridized carbons (Fsp3) is 0.419. The van der Waals surface area contributed by atoms with E-state index < -0.39 is 0 Å². The van der Waals surface area contributed by atoms with Crippen LogP contribution in [0.5, 0.6) is 5.75 Å². The highest BCUT2D eigenvalue weighted by molar-refractivity contribution is 5.82. The summed E-state index contributed by atoms with van der Waals surface area (Å²) in [6.45, 7) is 3.53. The molecule has 0 radical (unpaired) electrons. The van der Waals surface area contributed by atoms with E-state index in [2.05, 4.69) is 56.8 Å². The highest BCUT2D eigenvalue weighted by Crippen LogP contribution is 2.39. The topological polar surface area (TPSA) is 58.5 Å². The Kier molecular flexibility index (Phi) is 7.67. The molecule has 1 saturated heterocycles. The van der Waals surface area contributed by atoms with Crippen molar-refractivity contribution in [3.05, 3.63) is 84.5 Å². The minimum Gasteiger partial charge on any atom is -0.489 e. The van der Waals surface area contributed by atoms with Crippen LogP contribution in [0.25, 0.3) is 0 Å². The summed E-state index contributed by atoms with van der Waals surface area (Å²) in [5.41, 5.74) is 3.35. The van der Waals surface area contributed by atoms with Crippen molar-refractivity contribution >= 4 is 18.2 Å². The summed E-state index contributed by atoms with van der Waals surface area (Å²) in [6.07, 6.45) is 17.4. The van der Waals surface area contributed by atoms with E-state index in [9.17, 15) is 0 Å². The number of nitrogens with one attached hydrogen (secondary N) is 1. The monoisotopic (exact) mass is 512 g/mol. The van der Waals surface area contributed by atoms with Crippen LogP contribution in [0.4, 0.5) is 5.69 Å². The fourth-order valence-corrected chi connectivity index (χ4v) is 6.11. The molecule has 7 nitrogen and oxygen atoms in total. The summed E-state index contributed by atoms with van der Waals surface area (Å²) < 4.78 is 12.5. The Morgan fingerprint density at radius 2 is 1.87 bits per heavy atom. The van der Waals surface area contributed by atoms with Crippen molar-refractivity contribution in [2.24, 2.45) is 15.9 Å². The van der Waals surface area contributed by atoms with Crippen LogP contribution in [0, 0.1) is 5.92 Å². The van der Waals surface area contributed by atoms with Crippen LogP contribution in [-0.4, -0.2) is 49.0 Å². The van der Waals surface area contributed by atoms with Gasteiger partial charge in [-0.2, -0.15) is 0 Å². The lowest BCUT2D eigenvalue weighted by Gasteiger charge is -2.45. The number of fused-ring (bicyclic) bond motifs is 1. The lowest BCUT2D eigenvalue weighted by molar-refractivity contribution is -0.746. The first-order valence-corrected chi connectivity index (χ1v) is 14.0. The largest absolute Gasteiger partial charge is 0.489 e. The van der Waals surface area contributed by atoms with Gasteiger partial charge in [0.1, 0.15) is 12.4 Å². The maximum atomic E-state index is 6.23. The maximum Gasteiger partial charge on any atom is 0.225 e. The number of nitrogens with zero attached hydrogens (tertiary/aromatic N) is 4. The molecule has 2 unspecified atom stereocenters. The van der Waals surface area contributed by atoms with Crippen molar-refractivity contribution in [2.45, 2.75) is 57.3 Å². The molecule has 3 aliphatic heterocycles. The third-order valence-electron chi connectivity index (χ3n) is 8.13. The number of hydrogen-bond donors (Lipinski definition) is 1. The molecule has 0 aromatic heterocycles. The van der Waals surface area contributed by atoms with Gasteiger partial charge in [0.15, 0.2) is 6.20 Å². The van der Waals surface area contributed by atoms with E-state index in [1.807, 2.05) is 49.2 Å². The number of benzene rings is 2. The van der Waals surface area contributed by atoms with E-state index in [-0.39, 0.29) is 0 Å². The zero-order valence-electron chi connectivity index (χ0n) is 22.0. The number of rotatable bonds is 10. The van der Waals surface area contributed by atoms with Crippen molar-refractivity contribution in [1.29, 1.82) is 0 Å². The lowest BCUT2D eigenvalue weighted by Crippen LogP contribution is -2.60. The molecule has 1 saturated carbocycles. The SMILES string of the molecule is C1=C[N+]2(N(c3cccc(OCc4ccccc4)c3)C3CCC(CNCC4CCCO4)CC3)C=NC=C2C=N1. The highest BCUT2D eigenvalue weighted by Gasteiger charge is 2.45. The first-order chi connectivity index (χ1) is 18.8. The average Bonchev–Trinajstić information content (AvgIpc) is 3.64. The molecular weight excluding hydrogens is 474 g/mol. The van der Waals surface area contributed by atoms with E-state index >= 15 is 0 Å². The van der Waals surface area contributed by atoms with Gasteiger partial charge >= 0.3 is 0 Å². The minimum atomic E-state index is 0.373. The van der Waals surface area contributed by atoms with Crippen molar-refractivity contribution in [3.63, 3.8) is 0 Å². The molecule has 7 heteroatoms. The van der Waals surface area contributed by atoms with Crippen molar-refractivity contribution in [2.75, 3.05) is 24.7 Å². The number of hydrogen-bond acceptors (Lipinski definition) is 6. The number of quaternary nitrogens is 1. The average molecular weight is 513 g/mol. The Hall–Kier alpha value is -3.26. The van der Waals surface area contributed by atoms with Gasteiger partial charge in [0, 0.05) is 19.2 Å². The Morgan fingerprint density at radius 1 is 0.974 bits per heavy atom. The molecule has 1 N–H and O–H groups in total. The molecule has 2 aromatic rings. The molecule has 2 aromatic carbocycles. The molecule has 4 aliphatic rings. The van der Waals surface area contributed by atoms with Crippen LogP contribution in [0.2, 0.25) is 0 Å².